The lowest BCUT2D eigenvalue weighted by Gasteiger charge is -2.41. The average Bonchev–Trinajstić information content (AvgIpc) is 3.26. The number of hydrogen-bond acceptors (Lipinski definition) is 8. The molecular formula is C26H32BrF3N6O2S. The molecule has 0 saturated carbocycles. The lowest BCUT2D eigenvalue weighted by Crippen LogP contribution is -2.52. The Balaban J connectivity index is 1.69. The van der Waals surface area contributed by atoms with Gasteiger partial charge in [0.2, 0.25) is 5.96 Å². The van der Waals surface area contributed by atoms with Gasteiger partial charge in [-0.05, 0) is 67.5 Å². The topological polar surface area (TPSA) is 72.4 Å². The summed E-state index contributed by atoms with van der Waals surface area (Å²) in [6, 6.07) is 10.6. The van der Waals surface area contributed by atoms with E-state index in [1.165, 1.54) is 11.0 Å². The summed E-state index contributed by atoms with van der Waals surface area (Å²) in [6.07, 6.45) is -2.08. The fourth-order valence-corrected chi connectivity index (χ4v) is 5.57. The first-order chi connectivity index (χ1) is 18.7. The van der Waals surface area contributed by atoms with E-state index in [4.69, 9.17) is 4.74 Å². The van der Waals surface area contributed by atoms with Gasteiger partial charge in [0.1, 0.15) is 0 Å². The van der Waals surface area contributed by atoms with Crippen LogP contribution in [0.4, 0.5) is 23.7 Å². The third kappa shape index (κ3) is 6.75. The van der Waals surface area contributed by atoms with Gasteiger partial charge in [-0.15, -0.1) is 10.2 Å². The van der Waals surface area contributed by atoms with Crippen LogP contribution in [0.5, 0.6) is 0 Å². The molecule has 4 rings (SSSR count). The summed E-state index contributed by atoms with van der Waals surface area (Å²) < 4.78 is 47.4. The summed E-state index contributed by atoms with van der Waals surface area (Å²) in [6.45, 7) is 4.97. The molecule has 2 N–H and O–H groups in total. The minimum atomic E-state index is -4.52. The largest absolute Gasteiger partial charge is 0.449 e. The molecule has 13 heteroatoms. The molecular weight excluding hydrogens is 597 g/mol. The number of anilines is 1. The summed E-state index contributed by atoms with van der Waals surface area (Å²) >= 11 is 5.21. The van der Waals surface area contributed by atoms with Crippen LogP contribution in [-0.2, 0) is 17.5 Å². The molecule has 0 unspecified atom stereocenters. The highest BCUT2D eigenvalue weighted by Crippen LogP contribution is 2.42. The number of hydrazine groups is 2. The summed E-state index contributed by atoms with van der Waals surface area (Å²) in [5.74, 6) is 1.34. The first kappa shape index (κ1) is 29.3. The van der Waals surface area contributed by atoms with Crippen molar-refractivity contribution >= 4 is 45.4 Å². The Labute approximate surface area is 239 Å². The molecule has 8 nitrogen and oxygen atoms in total. The van der Waals surface area contributed by atoms with E-state index in [1.54, 1.807) is 18.7 Å². The summed E-state index contributed by atoms with van der Waals surface area (Å²) in [5.41, 5.74) is 4.07. The number of hydrogen-bond donors (Lipinski definition) is 2. The molecule has 2 aromatic carbocycles. The molecule has 2 aliphatic rings. The van der Waals surface area contributed by atoms with Crippen molar-refractivity contribution in [1.82, 2.24) is 21.0 Å². The quantitative estimate of drug-likeness (QED) is 0.365. The van der Waals surface area contributed by atoms with Gasteiger partial charge < -0.3 is 10.1 Å². The number of halogens is 4. The molecule has 39 heavy (non-hydrogen) atoms. The van der Waals surface area contributed by atoms with Crippen LogP contribution in [0, 0.1) is 0 Å². The fourth-order valence-electron chi connectivity index (χ4n) is 4.77. The number of carbonyl (C=O) groups is 1. The van der Waals surface area contributed by atoms with Gasteiger partial charge in [0, 0.05) is 22.8 Å². The molecule has 0 saturated heterocycles. The molecule has 2 aliphatic heterocycles. The van der Waals surface area contributed by atoms with Gasteiger partial charge >= 0.3 is 12.3 Å². The Kier molecular flexibility index (Phi) is 9.55. The zero-order valence-corrected chi connectivity index (χ0v) is 24.4. The van der Waals surface area contributed by atoms with Gasteiger partial charge in [0.05, 0.1) is 30.4 Å². The van der Waals surface area contributed by atoms with E-state index < -0.39 is 23.9 Å². The van der Waals surface area contributed by atoms with Crippen molar-refractivity contribution in [2.75, 3.05) is 30.1 Å². The van der Waals surface area contributed by atoms with Crippen LogP contribution < -0.4 is 15.8 Å². The second-order valence-corrected chi connectivity index (χ2v) is 11.1. The molecule has 2 atom stereocenters. The monoisotopic (exact) mass is 628 g/mol. The number of nitrogens with one attached hydrogen (secondary N) is 2. The smallest absolute Gasteiger partial charge is 0.416 e. The second kappa shape index (κ2) is 12.7. The average molecular weight is 630 g/mol. The Morgan fingerprint density at radius 3 is 2.72 bits per heavy atom. The van der Waals surface area contributed by atoms with E-state index in [9.17, 15) is 18.0 Å². The molecule has 0 radical (unpaired) electrons. The molecule has 0 fully saturated rings. The van der Waals surface area contributed by atoms with Gasteiger partial charge in [0.15, 0.2) is 0 Å². The maximum absolute atomic E-state index is 13.7. The van der Waals surface area contributed by atoms with Crippen molar-refractivity contribution in [3.63, 3.8) is 0 Å². The van der Waals surface area contributed by atoms with Crippen molar-refractivity contribution in [2.45, 2.75) is 51.5 Å². The summed E-state index contributed by atoms with van der Waals surface area (Å²) in [4.78, 5) is 14.4. The van der Waals surface area contributed by atoms with Gasteiger partial charge in [-0.25, -0.2) is 10.3 Å². The molecule has 0 aliphatic carbocycles. The number of benzene rings is 2. The van der Waals surface area contributed by atoms with Crippen molar-refractivity contribution < 1.29 is 22.7 Å². The first-order valence-electron chi connectivity index (χ1n) is 12.7. The molecule has 0 aromatic heterocycles. The van der Waals surface area contributed by atoms with E-state index in [0.717, 1.165) is 27.9 Å². The molecule has 212 valence electrons. The van der Waals surface area contributed by atoms with Crippen molar-refractivity contribution in [2.24, 2.45) is 5.10 Å². The van der Waals surface area contributed by atoms with Crippen molar-refractivity contribution in [1.29, 1.82) is 0 Å². The lowest BCUT2D eigenvalue weighted by molar-refractivity contribution is -0.137. The van der Waals surface area contributed by atoms with Crippen LogP contribution in [0.1, 0.15) is 49.4 Å². The number of thioether (sulfide) groups is 1. The van der Waals surface area contributed by atoms with Crippen LogP contribution in [0.25, 0.3) is 0 Å². The van der Waals surface area contributed by atoms with Crippen molar-refractivity contribution in [3.8, 4) is 0 Å². The van der Waals surface area contributed by atoms with E-state index in [1.807, 2.05) is 47.6 Å². The highest BCUT2D eigenvalue weighted by Gasteiger charge is 2.40. The maximum atomic E-state index is 13.7. The van der Waals surface area contributed by atoms with Gasteiger partial charge in [-0.2, -0.15) is 24.9 Å². The molecule has 0 spiro atoms. The first-order valence-corrected chi connectivity index (χ1v) is 14.9. The number of fused-ring (bicyclic) bond motifs is 1. The maximum Gasteiger partial charge on any atom is 0.416 e. The fraction of sp³-hybridized carbons (Fsp3) is 0.462. The number of hydrazone groups is 1. The lowest BCUT2D eigenvalue weighted by atomic mass is 9.89. The zero-order valence-electron chi connectivity index (χ0n) is 22.0. The van der Waals surface area contributed by atoms with Crippen LogP contribution in [-0.4, -0.2) is 53.4 Å². The molecule has 1 amide bonds. The van der Waals surface area contributed by atoms with Gasteiger partial charge in [-0.3, -0.25) is 9.91 Å². The van der Waals surface area contributed by atoms with Crippen LogP contribution >= 0.6 is 27.7 Å². The number of carbonyl (C=O) groups excluding carboxylic acids is 1. The van der Waals surface area contributed by atoms with Gasteiger partial charge in [-0.1, -0.05) is 35.0 Å². The third-order valence-electron chi connectivity index (χ3n) is 6.64. The Morgan fingerprint density at radius 1 is 1.26 bits per heavy atom. The minimum Gasteiger partial charge on any atom is -0.449 e. The van der Waals surface area contributed by atoms with E-state index >= 15 is 0 Å². The number of guanidine groups is 1. The Bertz CT molecular complexity index is 1200. The predicted molar refractivity (Wildman–Crippen MR) is 151 cm³/mol. The normalized spacial score (nSPS) is 19.4. The van der Waals surface area contributed by atoms with E-state index in [-0.39, 0.29) is 12.6 Å². The number of rotatable bonds is 8. The van der Waals surface area contributed by atoms with Gasteiger partial charge in [0.25, 0.3) is 0 Å². The standard InChI is InChI=1S/C26H32BrF3N6O2S/c1-4-20-15-22(21-14-18(26(28,29)30)9-10-23(21)36(20)25(37)38-5-2)31-24-32-33-35(11-12-39-3)34(24)16-17-7-6-8-19(27)13-17/h6-10,13-14,20,22,33H,4-5,11-12,15-16H2,1-3H3,(H,31,32)/t20-,22+/m1/s1. The van der Waals surface area contributed by atoms with Crippen LogP contribution in [0.3, 0.4) is 0 Å². The minimum absolute atomic E-state index is 0.169. The Morgan fingerprint density at radius 2 is 2.05 bits per heavy atom. The van der Waals surface area contributed by atoms with Crippen molar-refractivity contribution in [3.05, 3.63) is 63.6 Å². The number of alkyl halides is 3. The number of ether oxygens (including phenoxy) is 1. The van der Waals surface area contributed by atoms with E-state index in [0.29, 0.717) is 43.1 Å². The molecule has 2 heterocycles. The molecule has 2 aromatic rings. The molecule has 0 bridgehead atoms. The zero-order chi connectivity index (χ0) is 28.2. The third-order valence-corrected chi connectivity index (χ3v) is 7.72. The Hall–Kier alpha value is -2.64. The summed E-state index contributed by atoms with van der Waals surface area (Å²) in [7, 11) is 0. The van der Waals surface area contributed by atoms with Crippen LogP contribution in [0.15, 0.2) is 52.0 Å². The SMILES string of the molecule is CCOC(=O)N1c2ccc(C(F)(F)F)cc2[C@@H](NC2=NNN(CCSC)N2Cc2cccc(Br)c2)C[C@H]1CC. The second-order valence-electron chi connectivity index (χ2n) is 9.17. The highest BCUT2D eigenvalue weighted by atomic mass is 79.9. The number of nitrogens with zero attached hydrogens (tertiary/aromatic N) is 4. The highest BCUT2D eigenvalue weighted by molar-refractivity contribution is 9.10. The van der Waals surface area contributed by atoms with E-state index in [2.05, 4.69) is 31.9 Å². The number of amides is 1. The van der Waals surface area contributed by atoms with Crippen LogP contribution in [0.2, 0.25) is 0 Å². The predicted octanol–water partition coefficient (Wildman–Crippen LogP) is 6.12. The summed E-state index contributed by atoms with van der Waals surface area (Å²) in [5, 5.41) is 11.7.